The van der Waals surface area contributed by atoms with Gasteiger partial charge in [0.05, 0.1) is 23.5 Å². The van der Waals surface area contributed by atoms with Gasteiger partial charge in [-0.25, -0.2) is 14.0 Å². The molecule has 0 saturated heterocycles. The van der Waals surface area contributed by atoms with E-state index in [2.05, 4.69) is 15.4 Å². The van der Waals surface area contributed by atoms with Crippen molar-refractivity contribution in [1.82, 2.24) is 20.1 Å². The topological polar surface area (TPSA) is 106 Å². The Balaban J connectivity index is 1.64. The molecule has 0 unspecified atom stereocenters. The molecule has 0 aliphatic heterocycles. The van der Waals surface area contributed by atoms with Crippen LogP contribution >= 0.6 is 0 Å². The molecule has 2 N–H and O–H groups in total. The van der Waals surface area contributed by atoms with Gasteiger partial charge in [-0.3, -0.25) is 9.67 Å². The summed E-state index contributed by atoms with van der Waals surface area (Å²) in [4.78, 5) is 28.0. The number of alkyl carbamates (subject to hydrolysis) is 1. The van der Waals surface area contributed by atoms with Crippen molar-refractivity contribution in [2.75, 3.05) is 0 Å². The molecule has 4 rings (SSSR count). The number of carbonyl (C=O) groups excluding carboxylic acids is 1. The molecule has 0 spiro atoms. The van der Waals surface area contributed by atoms with Gasteiger partial charge in [-0.15, -0.1) is 0 Å². The van der Waals surface area contributed by atoms with Crippen molar-refractivity contribution in [2.24, 2.45) is 0 Å². The fourth-order valence-electron chi connectivity index (χ4n) is 3.71. The number of nitrogens with zero attached hydrogens (tertiary/aromatic N) is 3. The number of carboxylic acid groups (broad SMARTS) is 1. The second-order valence-corrected chi connectivity index (χ2v) is 9.49. The highest BCUT2D eigenvalue weighted by Crippen LogP contribution is 2.27. The van der Waals surface area contributed by atoms with Crippen LogP contribution in [0.2, 0.25) is 0 Å². The van der Waals surface area contributed by atoms with Crippen LogP contribution in [0.15, 0.2) is 73.1 Å². The highest BCUT2D eigenvalue weighted by atomic mass is 19.1. The Hall–Kier alpha value is -4.53. The fourth-order valence-corrected chi connectivity index (χ4v) is 3.71. The molecule has 8 nitrogen and oxygen atoms in total. The third-order valence-corrected chi connectivity index (χ3v) is 5.38. The average Bonchev–Trinajstić information content (AvgIpc) is 3.30. The smallest absolute Gasteiger partial charge is 0.407 e. The third-order valence-electron chi connectivity index (χ3n) is 5.38. The van der Waals surface area contributed by atoms with E-state index in [1.54, 1.807) is 62.1 Å². The van der Waals surface area contributed by atoms with Crippen LogP contribution in [-0.4, -0.2) is 37.5 Å². The minimum absolute atomic E-state index is 0.161. The zero-order valence-electron chi connectivity index (χ0n) is 20.7. The van der Waals surface area contributed by atoms with Crippen molar-refractivity contribution in [3.63, 3.8) is 0 Å². The molecule has 37 heavy (non-hydrogen) atoms. The summed E-state index contributed by atoms with van der Waals surface area (Å²) in [7, 11) is 0. The van der Waals surface area contributed by atoms with Gasteiger partial charge in [-0.1, -0.05) is 12.1 Å². The third kappa shape index (κ3) is 6.78. The van der Waals surface area contributed by atoms with Gasteiger partial charge in [-0.05, 0) is 80.4 Å². The van der Waals surface area contributed by atoms with Crippen molar-refractivity contribution >= 4 is 12.1 Å². The molecule has 0 aliphatic rings. The molecule has 9 heteroatoms. The minimum atomic E-state index is -0.991. The number of halogens is 1. The number of pyridine rings is 1. The average molecular weight is 503 g/mol. The van der Waals surface area contributed by atoms with E-state index < -0.39 is 17.7 Å². The molecule has 0 bridgehead atoms. The summed E-state index contributed by atoms with van der Waals surface area (Å²) in [5.41, 5.74) is 3.83. The molecule has 1 amide bonds. The van der Waals surface area contributed by atoms with Crippen LogP contribution in [0, 0.1) is 5.82 Å². The van der Waals surface area contributed by atoms with E-state index in [0.29, 0.717) is 17.9 Å². The second kappa shape index (κ2) is 10.6. The van der Waals surface area contributed by atoms with Gasteiger partial charge >= 0.3 is 12.1 Å². The monoisotopic (exact) mass is 502 g/mol. The van der Waals surface area contributed by atoms with Crippen LogP contribution in [0.25, 0.3) is 22.5 Å². The molecule has 2 aromatic carbocycles. The minimum Gasteiger partial charge on any atom is -0.478 e. The first kappa shape index (κ1) is 25.6. The summed E-state index contributed by atoms with van der Waals surface area (Å²) < 4.78 is 20.5. The van der Waals surface area contributed by atoms with Crippen LogP contribution in [0.1, 0.15) is 42.3 Å². The van der Waals surface area contributed by atoms with E-state index in [1.165, 1.54) is 18.2 Å². The number of aromatic carboxylic acids is 1. The Morgan fingerprint density at radius 1 is 1.05 bits per heavy atom. The van der Waals surface area contributed by atoms with Crippen LogP contribution in [0.3, 0.4) is 0 Å². The molecule has 0 aliphatic carbocycles. The van der Waals surface area contributed by atoms with Crippen LogP contribution in [0.5, 0.6) is 0 Å². The van der Waals surface area contributed by atoms with Crippen LogP contribution in [-0.2, 0) is 17.8 Å². The lowest BCUT2D eigenvalue weighted by molar-refractivity contribution is 0.0523. The Morgan fingerprint density at radius 3 is 2.51 bits per heavy atom. The lowest BCUT2D eigenvalue weighted by Crippen LogP contribution is -2.32. The first-order valence-electron chi connectivity index (χ1n) is 11.7. The largest absolute Gasteiger partial charge is 0.478 e. The van der Waals surface area contributed by atoms with Crippen molar-refractivity contribution in [3.05, 3.63) is 95.6 Å². The van der Waals surface area contributed by atoms with E-state index in [9.17, 15) is 19.1 Å². The van der Waals surface area contributed by atoms with E-state index in [1.807, 2.05) is 18.2 Å². The number of aromatic nitrogens is 3. The maximum atomic E-state index is 13.4. The maximum Gasteiger partial charge on any atom is 0.407 e. The summed E-state index contributed by atoms with van der Waals surface area (Å²) in [6.45, 7) is 5.90. The van der Waals surface area contributed by atoms with Crippen molar-refractivity contribution in [3.8, 4) is 22.5 Å². The zero-order valence-corrected chi connectivity index (χ0v) is 20.7. The van der Waals surface area contributed by atoms with Crippen molar-refractivity contribution in [2.45, 2.75) is 39.5 Å². The quantitative estimate of drug-likeness (QED) is 0.345. The van der Waals surface area contributed by atoms with Crippen molar-refractivity contribution in [1.29, 1.82) is 0 Å². The highest BCUT2D eigenvalue weighted by Gasteiger charge is 2.18. The molecule has 0 fully saturated rings. The summed E-state index contributed by atoms with van der Waals surface area (Å²) >= 11 is 0. The molecule has 4 aromatic rings. The predicted molar refractivity (Wildman–Crippen MR) is 136 cm³/mol. The molecule has 0 atom stereocenters. The molecule has 190 valence electrons. The first-order valence-corrected chi connectivity index (χ1v) is 11.7. The van der Waals surface area contributed by atoms with Gasteiger partial charge in [0.25, 0.3) is 0 Å². The van der Waals surface area contributed by atoms with Gasteiger partial charge in [0.15, 0.2) is 0 Å². The number of hydrogen-bond acceptors (Lipinski definition) is 5. The molecule has 2 heterocycles. The van der Waals surface area contributed by atoms with Crippen LogP contribution in [0.4, 0.5) is 9.18 Å². The van der Waals surface area contributed by atoms with E-state index in [4.69, 9.17) is 4.74 Å². The summed E-state index contributed by atoms with van der Waals surface area (Å²) in [6, 6.07) is 16.4. The molecule has 2 aromatic heterocycles. The number of nitrogens with one attached hydrogen (secondary N) is 1. The van der Waals surface area contributed by atoms with Gasteiger partial charge in [0.1, 0.15) is 11.4 Å². The molecular weight excluding hydrogens is 475 g/mol. The first-order chi connectivity index (χ1) is 17.6. The van der Waals surface area contributed by atoms with E-state index >= 15 is 0 Å². The standard InChI is InChI=1S/C28H27FN4O4/c1-28(2,3)37-27(36)31-16-21-15-30-25(19-7-9-22(29)10-8-19)14-23(21)24-11-12-33(32-24)17-18-5-4-6-20(13-18)26(34)35/h4-15H,16-17H2,1-3H3,(H,31,36)(H,34,35). The number of amides is 1. The Morgan fingerprint density at radius 2 is 1.81 bits per heavy atom. The molecule has 0 radical (unpaired) electrons. The van der Waals surface area contributed by atoms with E-state index in [0.717, 1.165) is 22.3 Å². The van der Waals surface area contributed by atoms with Gasteiger partial charge in [0, 0.05) is 30.1 Å². The lowest BCUT2D eigenvalue weighted by Gasteiger charge is -2.20. The number of hydrogen-bond donors (Lipinski definition) is 2. The second-order valence-electron chi connectivity index (χ2n) is 9.49. The number of carbonyl (C=O) groups is 2. The fraction of sp³-hybridized carbons (Fsp3) is 0.214. The number of rotatable bonds is 7. The predicted octanol–water partition coefficient (Wildman–Crippen LogP) is 5.52. The van der Waals surface area contributed by atoms with Crippen molar-refractivity contribution < 1.29 is 23.8 Å². The number of carboxylic acids is 1. The van der Waals surface area contributed by atoms with E-state index in [-0.39, 0.29) is 17.9 Å². The van der Waals surface area contributed by atoms with Crippen LogP contribution < -0.4 is 5.32 Å². The maximum absolute atomic E-state index is 13.4. The lowest BCUT2D eigenvalue weighted by atomic mass is 10.0. The normalized spacial score (nSPS) is 11.2. The Bertz CT molecular complexity index is 1420. The molecular formula is C28H27FN4O4. The van der Waals surface area contributed by atoms with Gasteiger partial charge in [0.2, 0.25) is 0 Å². The highest BCUT2D eigenvalue weighted by molar-refractivity contribution is 5.87. The Kier molecular flexibility index (Phi) is 7.33. The van der Waals surface area contributed by atoms with Gasteiger partial charge < -0.3 is 15.2 Å². The molecule has 0 saturated carbocycles. The summed E-state index contributed by atoms with van der Waals surface area (Å²) in [6.07, 6.45) is 2.90. The Labute approximate surface area is 213 Å². The van der Waals surface area contributed by atoms with Gasteiger partial charge in [-0.2, -0.15) is 5.10 Å². The summed E-state index contributed by atoms with van der Waals surface area (Å²) in [5, 5.41) is 16.7. The summed E-state index contributed by atoms with van der Waals surface area (Å²) in [5.74, 6) is -1.33. The SMILES string of the molecule is CC(C)(C)OC(=O)NCc1cnc(-c2ccc(F)cc2)cc1-c1ccn(Cc2cccc(C(=O)O)c2)n1. The zero-order chi connectivity index (χ0) is 26.6. The number of ether oxygens (including phenoxy) is 1. The number of benzene rings is 2.